The van der Waals surface area contributed by atoms with Gasteiger partial charge in [0, 0.05) is 32.0 Å². The molecule has 0 N–H and O–H groups in total. The molecule has 0 saturated carbocycles. The van der Waals surface area contributed by atoms with Crippen molar-refractivity contribution in [1.29, 1.82) is 0 Å². The Bertz CT molecular complexity index is 467. The van der Waals surface area contributed by atoms with E-state index in [1.54, 1.807) is 24.4 Å². The van der Waals surface area contributed by atoms with Crippen molar-refractivity contribution in [2.24, 2.45) is 0 Å². The van der Waals surface area contributed by atoms with E-state index in [9.17, 15) is 4.79 Å². The molecule has 3 heterocycles. The number of piperazine rings is 1. The van der Waals surface area contributed by atoms with Gasteiger partial charge in [-0.2, -0.15) is 0 Å². The van der Waals surface area contributed by atoms with Gasteiger partial charge < -0.3 is 14.4 Å². The SMILES string of the molecule is COc1nccnc1N1CCN2C(=O)OC[C@H]2C1. The fourth-order valence-corrected chi connectivity index (χ4v) is 2.36. The third-order valence-electron chi connectivity index (χ3n) is 3.26. The molecule has 0 radical (unpaired) electrons. The molecule has 1 amide bonds. The highest BCUT2D eigenvalue weighted by molar-refractivity contribution is 5.71. The van der Waals surface area contributed by atoms with Crippen LogP contribution in [-0.2, 0) is 4.74 Å². The van der Waals surface area contributed by atoms with Gasteiger partial charge in [0.25, 0.3) is 5.88 Å². The first kappa shape index (κ1) is 11.1. The summed E-state index contributed by atoms with van der Waals surface area (Å²) < 4.78 is 10.2. The third kappa shape index (κ3) is 1.71. The Balaban J connectivity index is 1.80. The largest absolute Gasteiger partial charge is 0.478 e. The van der Waals surface area contributed by atoms with E-state index in [2.05, 4.69) is 14.9 Å². The number of nitrogens with zero attached hydrogens (tertiary/aromatic N) is 4. The average Bonchev–Trinajstić information content (AvgIpc) is 2.80. The molecule has 0 aliphatic carbocycles. The average molecular weight is 250 g/mol. The van der Waals surface area contributed by atoms with Crippen LogP contribution in [0.1, 0.15) is 0 Å². The van der Waals surface area contributed by atoms with Crippen molar-refractivity contribution in [3.63, 3.8) is 0 Å². The molecule has 96 valence electrons. The van der Waals surface area contributed by atoms with E-state index in [1.807, 2.05) is 0 Å². The van der Waals surface area contributed by atoms with Crippen molar-refractivity contribution in [2.75, 3.05) is 38.3 Å². The summed E-state index contributed by atoms with van der Waals surface area (Å²) in [6, 6.07) is 0.0953. The molecule has 0 unspecified atom stereocenters. The van der Waals surface area contributed by atoms with Gasteiger partial charge in [-0.05, 0) is 0 Å². The molecule has 2 aliphatic heterocycles. The minimum absolute atomic E-state index is 0.0953. The lowest BCUT2D eigenvalue weighted by atomic mass is 10.2. The van der Waals surface area contributed by atoms with Gasteiger partial charge in [0.1, 0.15) is 6.61 Å². The number of hydrogen-bond donors (Lipinski definition) is 0. The number of fused-ring (bicyclic) bond motifs is 1. The van der Waals surface area contributed by atoms with E-state index >= 15 is 0 Å². The molecular formula is C11H14N4O3. The van der Waals surface area contributed by atoms with Crippen LogP contribution in [0.4, 0.5) is 10.6 Å². The lowest BCUT2D eigenvalue weighted by Gasteiger charge is -2.36. The number of aromatic nitrogens is 2. The molecule has 0 spiro atoms. The number of carbonyl (C=O) groups excluding carboxylic acids is 1. The summed E-state index contributed by atoms with van der Waals surface area (Å²) in [5.41, 5.74) is 0. The van der Waals surface area contributed by atoms with Crippen molar-refractivity contribution in [3.8, 4) is 5.88 Å². The third-order valence-corrected chi connectivity index (χ3v) is 3.26. The summed E-state index contributed by atoms with van der Waals surface area (Å²) in [5, 5.41) is 0. The first-order valence-electron chi connectivity index (χ1n) is 5.83. The quantitative estimate of drug-likeness (QED) is 0.743. The van der Waals surface area contributed by atoms with E-state index < -0.39 is 0 Å². The Kier molecular flexibility index (Phi) is 2.66. The first-order valence-corrected chi connectivity index (χ1v) is 5.83. The minimum atomic E-state index is -0.217. The van der Waals surface area contributed by atoms with Crippen molar-refractivity contribution in [1.82, 2.24) is 14.9 Å². The topological polar surface area (TPSA) is 67.8 Å². The van der Waals surface area contributed by atoms with Crippen LogP contribution >= 0.6 is 0 Å². The zero-order valence-corrected chi connectivity index (χ0v) is 10.1. The van der Waals surface area contributed by atoms with Gasteiger partial charge in [-0.25, -0.2) is 14.8 Å². The van der Waals surface area contributed by atoms with Crippen LogP contribution in [0.2, 0.25) is 0 Å². The lowest BCUT2D eigenvalue weighted by molar-refractivity contribution is 0.157. The summed E-state index contributed by atoms with van der Waals surface area (Å²) in [5.74, 6) is 1.23. The summed E-state index contributed by atoms with van der Waals surface area (Å²) >= 11 is 0. The highest BCUT2D eigenvalue weighted by atomic mass is 16.6. The summed E-state index contributed by atoms with van der Waals surface area (Å²) in [6.07, 6.45) is 3.02. The summed E-state index contributed by atoms with van der Waals surface area (Å²) in [6.45, 7) is 2.49. The maximum Gasteiger partial charge on any atom is 0.410 e. The maximum absolute atomic E-state index is 11.4. The first-order chi connectivity index (χ1) is 8.79. The highest BCUT2D eigenvalue weighted by Crippen LogP contribution is 2.26. The van der Waals surface area contributed by atoms with Gasteiger partial charge in [-0.1, -0.05) is 0 Å². The predicted octanol–water partition coefficient (Wildman–Crippen LogP) is 0.126. The van der Waals surface area contributed by atoms with Crippen LogP contribution in [-0.4, -0.2) is 60.4 Å². The lowest BCUT2D eigenvalue weighted by Crippen LogP contribution is -2.52. The number of anilines is 1. The molecule has 1 atom stereocenters. The van der Waals surface area contributed by atoms with Crippen LogP contribution in [0.15, 0.2) is 12.4 Å². The maximum atomic E-state index is 11.4. The number of methoxy groups -OCH3 is 1. The Hall–Kier alpha value is -2.05. The summed E-state index contributed by atoms with van der Waals surface area (Å²) in [4.78, 5) is 23.7. The van der Waals surface area contributed by atoms with Crippen LogP contribution < -0.4 is 9.64 Å². The molecular weight excluding hydrogens is 236 g/mol. The van der Waals surface area contributed by atoms with Gasteiger partial charge in [0.15, 0.2) is 5.82 Å². The van der Waals surface area contributed by atoms with E-state index in [1.165, 1.54) is 0 Å². The van der Waals surface area contributed by atoms with Crippen LogP contribution in [0.5, 0.6) is 5.88 Å². The summed E-state index contributed by atoms with van der Waals surface area (Å²) in [7, 11) is 1.58. The number of hydrogen-bond acceptors (Lipinski definition) is 6. The number of carbonyl (C=O) groups is 1. The Morgan fingerprint density at radius 2 is 2.22 bits per heavy atom. The van der Waals surface area contributed by atoms with Gasteiger partial charge in [-0.15, -0.1) is 0 Å². The zero-order chi connectivity index (χ0) is 12.5. The van der Waals surface area contributed by atoms with Crippen LogP contribution in [0.25, 0.3) is 0 Å². The van der Waals surface area contributed by atoms with Crippen LogP contribution in [0.3, 0.4) is 0 Å². The van der Waals surface area contributed by atoms with Gasteiger partial charge >= 0.3 is 6.09 Å². The molecule has 2 aliphatic rings. The Morgan fingerprint density at radius 1 is 1.39 bits per heavy atom. The molecule has 3 rings (SSSR count). The fourth-order valence-electron chi connectivity index (χ4n) is 2.36. The second kappa shape index (κ2) is 4.32. The fraction of sp³-hybridized carbons (Fsp3) is 0.545. The van der Waals surface area contributed by atoms with E-state index in [-0.39, 0.29) is 12.1 Å². The minimum Gasteiger partial charge on any atom is -0.478 e. The van der Waals surface area contributed by atoms with Gasteiger partial charge in [-0.3, -0.25) is 4.90 Å². The van der Waals surface area contributed by atoms with E-state index in [4.69, 9.17) is 9.47 Å². The molecule has 1 aromatic rings. The standard InChI is InChI=1S/C11H14N4O3/c1-17-10-9(12-2-3-13-10)14-4-5-15-8(6-14)7-18-11(15)16/h2-3,8H,4-7H2,1H3/t8-/m1/s1. The zero-order valence-electron chi connectivity index (χ0n) is 10.1. The Labute approximate surface area is 104 Å². The monoisotopic (exact) mass is 250 g/mol. The van der Waals surface area contributed by atoms with Crippen molar-refractivity contribution >= 4 is 11.9 Å². The predicted molar refractivity (Wildman–Crippen MR) is 62.6 cm³/mol. The molecule has 2 saturated heterocycles. The molecule has 18 heavy (non-hydrogen) atoms. The Morgan fingerprint density at radius 3 is 3.06 bits per heavy atom. The normalized spacial score (nSPS) is 22.7. The second-order valence-corrected chi connectivity index (χ2v) is 4.26. The molecule has 7 nitrogen and oxygen atoms in total. The highest BCUT2D eigenvalue weighted by Gasteiger charge is 2.38. The van der Waals surface area contributed by atoms with Crippen LogP contribution in [0, 0.1) is 0 Å². The number of cyclic esters (lactones) is 1. The van der Waals surface area contributed by atoms with Gasteiger partial charge in [0.2, 0.25) is 0 Å². The van der Waals surface area contributed by atoms with Gasteiger partial charge in [0.05, 0.1) is 13.2 Å². The molecule has 1 aromatic heterocycles. The molecule has 7 heteroatoms. The van der Waals surface area contributed by atoms with E-state index in [0.717, 1.165) is 5.82 Å². The number of rotatable bonds is 2. The van der Waals surface area contributed by atoms with Crippen molar-refractivity contribution in [2.45, 2.75) is 6.04 Å². The van der Waals surface area contributed by atoms with E-state index in [0.29, 0.717) is 32.1 Å². The smallest absolute Gasteiger partial charge is 0.410 e. The van der Waals surface area contributed by atoms with Crippen molar-refractivity contribution in [3.05, 3.63) is 12.4 Å². The number of amides is 1. The molecule has 0 aromatic carbocycles. The second-order valence-electron chi connectivity index (χ2n) is 4.26. The number of ether oxygens (including phenoxy) is 2. The molecule has 2 fully saturated rings. The molecule has 0 bridgehead atoms. The van der Waals surface area contributed by atoms with Crippen molar-refractivity contribution < 1.29 is 14.3 Å².